The lowest BCUT2D eigenvalue weighted by atomic mass is 10.1. The summed E-state index contributed by atoms with van der Waals surface area (Å²) >= 11 is 0. The molecule has 0 fully saturated rings. The number of carbonyl (C=O) groups excluding carboxylic acids is 1. The molecule has 0 spiro atoms. The number of rotatable bonds is 4. The Morgan fingerprint density at radius 1 is 1.30 bits per heavy atom. The molecular weight excluding hydrogens is 258 g/mol. The number of hydrogen-bond donors (Lipinski definition) is 1. The molecule has 2 unspecified atom stereocenters. The number of aliphatic hydroxyl groups is 1. The van der Waals surface area contributed by atoms with E-state index in [2.05, 4.69) is 0 Å². The van der Waals surface area contributed by atoms with E-state index < -0.39 is 6.10 Å². The van der Waals surface area contributed by atoms with Crippen molar-refractivity contribution in [1.29, 1.82) is 0 Å². The van der Waals surface area contributed by atoms with Crippen molar-refractivity contribution >= 4 is 5.91 Å². The summed E-state index contributed by atoms with van der Waals surface area (Å²) in [5.74, 6) is 1.08. The first-order valence-corrected chi connectivity index (χ1v) is 6.88. The van der Waals surface area contributed by atoms with Crippen molar-refractivity contribution in [3.05, 3.63) is 24.3 Å². The van der Waals surface area contributed by atoms with Gasteiger partial charge in [-0.05, 0) is 32.9 Å². The van der Waals surface area contributed by atoms with Crippen LogP contribution in [-0.4, -0.2) is 47.3 Å². The van der Waals surface area contributed by atoms with E-state index in [9.17, 15) is 4.79 Å². The third-order valence-electron chi connectivity index (χ3n) is 3.33. The van der Waals surface area contributed by atoms with Gasteiger partial charge in [0.15, 0.2) is 11.5 Å². The smallest absolute Gasteiger partial charge is 0.267 e. The summed E-state index contributed by atoms with van der Waals surface area (Å²) in [6, 6.07) is 7.31. The van der Waals surface area contributed by atoms with E-state index in [-0.39, 0.29) is 24.7 Å². The molecule has 20 heavy (non-hydrogen) atoms. The van der Waals surface area contributed by atoms with Crippen molar-refractivity contribution < 1.29 is 19.4 Å². The summed E-state index contributed by atoms with van der Waals surface area (Å²) < 4.78 is 11.5. The average Bonchev–Trinajstić information content (AvgIpc) is 2.43. The van der Waals surface area contributed by atoms with Crippen molar-refractivity contribution in [2.45, 2.75) is 39.0 Å². The summed E-state index contributed by atoms with van der Waals surface area (Å²) in [5, 5.41) is 9.09. The highest BCUT2D eigenvalue weighted by Crippen LogP contribution is 2.34. The van der Waals surface area contributed by atoms with E-state index in [1.807, 2.05) is 39.0 Å². The minimum atomic E-state index is -0.682. The van der Waals surface area contributed by atoms with Crippen molar-refractivity contribution in [2.24, 2.45) is 0 Å². The van der Waals surface area contributed by atoms with Gasteiger partial charge in [-0.25, -0.2) is 0 Å². The van der Waals surface area contributed by atoms with Crippen LogP contribution in [0.4, 0.5) is 0 Å². The predicted octanol–water partition coefficient (Wildman–Crippen LogP) is 1.44. The van der Waals surface area contributed by atoms with Crippen LogP contribution in [0.5, 0.6) is 11.5 Å². The summed E-state index contributed by atoms with van der Waals surface area (Å²) in [5.41, 5.74) is 0. The van der Waals surface area contributed by atoms with Gasteiger partial charge in [0.05, 0.1) is 6.61 Å². The zero-order chi connectivity index (χ0) is 14.7. The molecular formula is C15H21NO4. The lowest BCUT2D eigenvalue weighted by Gasteiger charge is -2.35. The number of hydrogen-bond acceptors (Lipinski definition) is 4. The minimum Gasteiger partial charge on any atom is -0.482 e. The first-order chi connectivity index (χ1) is 9.54. The van der Waals surface area contributed by atoms with Gasteiger partial charge < -0.3 is 19.5 Å². The molecule has 0 bridgehead atoms. The Kier molecular flexibility index (Phi) is 4.49. The highest BCUT2D eigenvalue weighted by atomic mass is 16.6. The number of nitrogens with zero attached hydrogens (tertiary/aromatic N) is 1. The predicted molar refractivity (Wildman–Crippen MR) is 74.9 cm³/mol. The zero-order valence-electron chi connectivity index (χ0n) is 12.1. The van der Waals surface area contributed by atoms with Gasteiger partial charge in [-0.15, -0.1) is 0 Å². The van der Waals surface area contributed by atoms with E-state index in [1.54, 1.807) is 11.0 Å². The van der Waals surface area contributed by atoms with Crippen LogP contribution < -0.4 is 9.47 Å². The maximum atomic E-state index is 12.6. The van der Waals surface area contributed by atoms with Gasteiger partial charge >= 0.3 is 0 Å². The van der Waals surface area contributed by atoms with E-state index >= 15 is 0 Å². The van der Waals surface area contributed by atoms with Crippen LogP contribution >= 0.6 is 0 Å². The minimum absolute atomic E-state index is 0.00243. The third-order valence-corrected chi connectivity index (χ3v) is 3.33. The van der Waals surface area contributed by atoms with Crippen LogP contribution in [0.3, 0.4) is 0 Å². The maximum absolute atomic E-state index is 12.6. The Labute approximate surface area is 119 Å². The summed E-state index contributed by atoms with van der Waals surface area (Å²) in [4.78, 5) is 14.2. The first-order valence-electron chi connectivity index (χ1n) is 6.88. The second kappa shape index (κ2) is 6.13. The SMILES string of the molecule is CC1Oc2ccccc2OC1C(=O)N(CCO)C(C)C. The Morgan fingerprint density at radius 2 is 1.90 bits per heavy atom. The van der Waals surface area contributed by atoms with Crippen LogP contribution in [0, 0.1) is 0 Å². The lowest BCUT2D eigenvalue weighted by Crippen LogP contribution is -2.53. The Bertz CT molecular complexity index is 475. The third kappa shape index (κ3) is 2.88. The van der Waals surface area contributed by atoms with Crippen molar-refractivity contribution in [3.8, 4) is 11.5 Å². The second-order valence-electron chi connectivity index (χ2n) is 5.16. The van der Waals surface area contributed by atoms with Crippen LogP contribution in [-0.2, 0) is 4.79 Å². The maximum Gasteiger partial charge on any atom is 0.267 e. The molecule has 5 nitrogen and oxygen atoms in total. The molecule has 0 radical (unpaired) electrons. The van der Waals surface area contributed by atoms with Gasteiger partial charge in [0, 0.05) is 12.6 Å². The highest BCUT2D eigenvalue weighted by Gasteiger charge is 2.37. The first kappa shape index (κ1) is 14.7. The number of carbonyl (C=O) groups is 1. The fraction of sp³-hybridized carbons (Fsp3) is 0.533. The molecule has 1 heterocycles. The van der Waals surface area contributed by atoms with E-state index in [4.69, 9.17) is 14.6 Å². The molecule has 5 heteroatoms. The summed E-state index contributed by atoms with van der Waals surface area (Å²) in [6.45, 7) is 5.87. The number of ether oxygens (including phenoxy) is 2. The molecule has 0 saturated carbocycles. The lowest BCUT2D eigenvalue weighted by molar-refractivity contribution is -0.146. The van der Waals surface area contributed by atoms with E-state index in [0.29, 0.717) is 18.0 Å². The van der Waals surface area contributed by atoms with Crippen molar-refractivity contribution in [2.75, 3.05) is 13.2 Å². The Hall–Kier alpha value is -1.75. The molecule has 2 rings (SSSR count). The van der Waals surface area contributed by atoms with Gasteiger partial charge in [-0.1, -0.05) is 12.1 Å². The van der Waals surface area contributed by atoms with Gasteiger partial charge in [0.2, 0.25) is 6.10 Å². The largest absolute Gasteiger partial charge is 0.482 e. The number of aliphatic hydroxyl groups excluding tert-OH is 1. The number of fused-ring (bicyclic) bond motifs is 1. The van der Waals surface area contributed by atoms with Gasteiger partial charge in [0.1, 0.15) is 6.10 Å². The molecule has 1 aliphatic rings. The topological polar surface area (TPSA) is 59.0 Å². The normalized spacial score (nSPS) is 20.9. The number of para-hydroxylation sites is 2. The van der Waals surface area contributed by atoms with Crippen LogP contribution in [0.2, 0.25) is 0 Å². The molecule has 0 aliphatic carbocycles. The average molecular weight is 279 g/mol. The van der Waals surface area contributed by atoms with Gasteiger partial charge in [-0.2, -0.15) is 0 Å². The van der Waals surface area contributed by atoms with Crippen LogP contribution in [0.25, 0.3) is 0 Å². The molecule has 1 aromatic rings. The van der Waals surface area contributed by atoms with Crippen LogP contribution in [0.15, 0.2) is 24.3 Å². The molecule has 2 atom stereocenters. The zero-order valence-corrected chi connectivity index (χ0v) is 12.1. The quantitative estimate of drug-likeness (QED) is 0.906. The number of amides is 1. The number of benzene rings is 1. The van der Waals surface area contributed by atoms with Crippen LogP contribution in [0.1, 0.15) is 20.8 Å². The molecule has 1 aliphatic heterocycles. The molecule has 110 valence electrons. The fourth-order valence-electron chi connectivity index (χ4n) is 2.28. The highest BCUT2D eigenvalue weighted by molar-refractivity contribution is 5.82. The molecule has 1 N–H and O–H groups in total. The monoisotopic (exact) mass is 279 g/mol. The summed E-state index contributed by atoms with van der Waals surface area (Å²) in [7, 11) is 0. The summed E-state index contributed by atoms with van der Waals surface area (Å²) in [6.07, 6.45) is -1.05. The molecule has 0 saturated heterocycles. The molecule has 1 aromatic carbocycles. The second-order valence-corrected chi connectivity index (χ2v) is 5.16. The van der Waals surface area contributed by atoms with Gasteiger partial charge in [0.25, 0.3) is 5.91 Å². The molecule has 0 aromatic heterocycles. The van der Waals surface area contributed by atoms with Crippen molar-refractivity contribution in [3.63, 3.8) is 0 Å². The Morgan fingerprint density at radius 3 is 2.45 bits per heavy atom. The van der Waals surface area contributed by atoms with E-state index in [1.165, 1.54) is 0 Å². The standard InChI is InChI=1S/C15H21NO4/c1-10(2)16(8-9-17)15(18)14-11(3)19-12-6-4-5-7-13(12)20-14/h4-7,10-11,14,17H,8-9H2,1-3H3. The van der Waals surface area contributed by atoms with E-state index in [0.717, 1.165) is 0 Å². The van der Waals surface area contributed by atoms with Crippen molar-refractivity contribution in [1.82, 2.24) is 4.90 Å². The fourth-order valence-corrected chi connectivity index (χ4v) is 2.28. The molecule has 1 amide bonds. The van der Waals surface area contributed by atoms with Gasteiger partial charge in [-0.3, -0.25) is 4.79 Å². The Balaban J connectivity index is 2.18.